The zero-order valence-electron chi connectivity index (χ0n) is 34.3. The van der Waals surface area contributed by atoms with Crippen LogP contribution < -0.4 is 20.1 Å². The molecule has 336 valence electrons. The minimum atomic E-state index is -0.951. The molecule has 4 N–H and O–H groups in total. The molecule has 0 spiro atoms. The summed E-state index contributed by atoms with van der Waals surface area (Å²) in [6.45, 7) is 7.91. The number of hydrogen-bond acceptors (Lipinski definition) is 15. The van der Waals surface area contributed by atoms with Crippen LogP contribution in [0, 0.1) is 5.82 Å². The van der Waals surface area contributed by atoms with E-state index >= 15 is 0 Å². The number of carboxylic acid groups (broad SMARTS) is 2. The third-order valence-corrected chi connectivity index (χ3v) is 11.0. The molecule has 0 saturated carbocycles. The van der Waals surface area contributed by atoms with Gasteiger partial charge in [-0.05, 0) is 31.0 Å². The Kier molecular flexibility index (Phi) is 19.7. The van der Waals surface area contributed by atoms with Gasteiger partial charge in [0.2, 0.25) is 5.91 Å². The van der Waals surface area contributed by atoms with E-state index in [4.69, 9.17) is 46.9 Å². The van der Waals surface area contributed by atoms with Crippen LogP contribution in [0.15, 0.2) is 30.6 Å². The number of ether oxygens (including phenoxy) is 5. The lowest BCUT2D eigenvalue weighted by atomic mass is 10.1. The van der Waals surface area contributed by atoms with Crippen LogP contribution in [0.1, 0.15) is 12.8 Å². The minimum absolute atomic E-state index is 0.0393. The van der Waals surface area contributed by atoms with Gasteiger partial charge in [-0.15, -0.1) is 0 Å². The number of nitrogens with zero attached hydrogens (tertiary/aromatic N) is 6. The van der Waals surface area contributed by atoms with Gasteiger partial charge in [0, 0.05) is 76.9 Å². The van der Waals surface area contributed by atoms with E-state index in [-0.39, 0.29) is 47.4 Å². The Morgan fingerprint density at radius 1 is 0.770 bits per heavy atom. The number of aliphatic carboxylic acids is 2. The summed E-state index contributed by atoms with van der Waals surface area (Å²) in [5.74, 6) is -1.33. The molecule has 3 aromatic rings. The Morgan fingerprint density at radius 2 is 1.36 bits per heavy atom. The molecule has 2 saturated heterocycles. The van der Waals surface area contributed by atoms with E-state index in [1.54, 1.807) is 29.0 Å². The summed E-state index contributed by atoms with van der Waals surface area (Å²) in [6.07, 6.45) is 2.95. The Labute approximate surface area is 364 Å². The summed E-state index contributed by atoms with van der Waals surface area (Å²) in [6, 6.07) is 6.56. The molecule has 2 fully saturated rings. The molecule has 0 bridgehead atoms. The van der Waals surface area contributed by atoms with Crippen LogP contribution >= 0.6 is 23.2 Å². The van der Waals surface area contributed by atoms with Gasteiger partial charge in [-0.3, -0.25) is 29.1 Å². The van der Waals surface area contributed by atoms with Gasteiger partial charge in [0.25, 0.3) is 0 Å². The number of carbonyl (C=O) groups excluding carboxylic acids is 1. The lowest BCUT2D eigenvalue weighted by Gasteiger charge is -2.32. The lowest BCUT2D eigenvalue weighted by Crippen LogP contribution is -2.43. The second-order valence-electron chi connectivity index (χ2n) is 14.6. The molecule has 0 radical (unpaired) electrons. The molecule has 2 aliphatic rings. The van der Waals surface area contributed by atoms with E-state index in [1.165, 1.54) is 18.5 Å². The van der Waals surface area contributed by atoms with Crippen molar-refractivity contribution in [2.75, 3.05) is 137 Å². The molecule has 1 aromatic heterocycles. The third-order valence-electron chi connectivity index (χ3n) is 10.2. The fourth-order valence-corrected chi connectivity index (χ4v) is 7.20. The number of piperidine rings is 1. The van der Waals surface area contributed by atoms with Gasteiger partial charge in [0.1, 0.15) is 18.2 Å². The summed E-state index contributed by atoms with van der Waals surface area (Å²) in [5.41, 5.74) is 0.714. The number of benzene rings is 2. The van der Waals surface area contributed by atoms with E-state index in [0.717, 1.165) is 32.5 Å². The van der Waals surface area contributed by atoms with Gasteiger partial charge in [-0.25, -0.2) is 14.4 Å². The number of methoxy groups -OCH3 is 1. The highest BCUT2D eigenvalue weighted by Gasteiger charge is 2.24. The molecule has 0 unspecified atom stereocenters. The largest absolute Gasteiger partial charge is 0.493 e. The molecule has 2 aliphatic heterocycles. The van der Waals surface area contributed by atoms with Crippen molar-refractivity contribution in [3.8, 4) is 11.5 Å². The van der Waals surface area contributed by atoms with Gasteiger partial charge >= 0.3 is 11.9 Å². The van der Waals surface area contributed by atoms with Gasteiger partial charge < -0.3 is 49.4 Å². The van der Waals surface area contributed by atoms with Crippen molar-refractivity contribution in [3.05, 3.63) is 46.5 Å². The number of anilines is 2. The summed E-state index contributed by atoms with van der Waals surface area (Å²) in [7, 11) is 1.57. The summed E-state index contributed by atoms with van der Waals surface area (Å²) in [4.78, 5) is 51.5. The van der Waals surface area contributed by atoms with Crippen molar-refractivity contribution in [2.24, 2.45) is 0 Å². The summed E-state index contributed by atoms with van der Waals surface area (Å²) >= 11 is 12.0. The minimum Gasteiger partial charge on any atom is -0.493 e. The smallest absolute Gasteiger partial charge is 0.317 e. The number of nitrogens with one attached hydrogen (secondary N) is 2. The van der Waals surface area contributed by atoms with Crippen molar-refractivity contribution >= 4 is 63.5 Å². The topological polar surface area (TPSA) is 201 Å². The fourth-order valence-electron chi connectivity index (χ4n) is 6.89. The van der Waals surface area contributed by atoms with E-state index in [0.29, 0.717) is 114 Å². The van der Waals surface area contributed by atoms with Crippen LogP contribution in [0.2, 0.25) is 10.0 Å². The van der Waals surface area contributed by atoms with Crippen LogP contribution in [0.25, 0.3) is 10.9 Å². The van der Waals surface area contributed by atoms with E-state index in [1.807, 2.05) is 4.90 Å². The van der Waals surface area contributed by atoms with Gasteiger partial charge in [0.15, 0.2) is 17.3 Å². The zero-order valence-corrected chi connectivity index (χ0v) is 35.8. The molecule has 61 heavy (non-hydrogen) atoms. The predicted molar refractivity (Wildman–Crippen MR) is 226 cm³/mol. The first-order valence-corrected chi connectivity index (χ1v) is 21.0. The molecular weight excluding hydrogens is 842 g/mol. The second kappa shape index (κ2) is 25.1. The number of hydrogen-bond donors (Lipinski definition) is 4. The highest BCUT2D eigenvalue weighted by molar-refractivity contribution is 6.42. The maximum absolute atomic E-state index is 14.8. The fraction of sp³-hybridized carbons (Fsp3) is 0.575. The zero-order chi connectivity index (χ0) is 43.6. The van der Waals surface area contributed by atoms with Crippen molar-refractivity contribution < 1.29 is 52.7 Å². The van der Waals surface area contributed by atoms with Crippen LogP contribution in [0.3, 0.4) is 0 Å². The average Bonchev–Trinajstić information content (AvgIpc) is 3.32. The number of carboxylic acids is 2. The van der Waals surface area contributed by atoms with Crippen molar-refractivity contribution in [3.63, 3.8) is 0 Å². The Hall–Kier alpha value is -4.18. The Morgan fingerprint density at radius 3 is 1.97 bits per heavy atom. The normalized spacial score (nSPS) is 16.5. The Bertz CT molecular complexity index is 1870. The molecular formula is C40H55Cl2FN8O10. The molecule has 0 atom stereocenters. The van der Waals surface area contributed by atoms with Crippen molar-refractivity contribution in [1.29, 1.82) is 0 Å². The molecule has 1 amide bonds. The molecule has 21 heteroatoms. The molecule has 2 aromatic carbocycles. The number of carbonyl (C=O) groups is 3. The van der Waals surface area contributed by atoms with E-state index in [2.05, 4.69) is 25.5 Å². The summed E-state index contributed by atoms with van der Waals surface area (Å²) < 4.78 is 43.8. The van der Waals surface area contributed by atoms with Crippen LogP contribution in [0.5, 0.6) is 11.5 Å². The van der Waals surface area contributed by atoms with Gasteiger partial charge in [0.05, 0.1) is 87.6 Å². The number of aromatic nitrogens is 2. The highest BCUT2D eigenvalue weighted by atomic mass is 35.5. The second-order valence-corrected chi connectivity index (χ2v) is 15.3. The maximum atomic E-state index is 14.8. The molecule has 18 nitrogen and oxygen atoms in total. The number of likely N-dealkylation sites (tertiary alicyclic amines) is 1. The van der Waals surface area contributed by atoms with Gasteiger partial charge in [-0.2, -0.15) is 0 Å². The highest BCUT2D eigenvalue weighted by Crippen LogP contribution is 2.37. The third kappa shape index (κ3) is 15.9. The van der Waals surface area contributed by atoms with E-state index < -0.39 is 17.8 Å². The number of fused-ring (bicyclic) bond motifs is 1. The van der Waals surface area contributed by atoms with Crippen molar-refractivity contribution in [1.82, 2.24) is 34.9 Å². The Balaban J connectivity index is 0.908. The first-order chi connectivity index (χ1) is 29.5. The van der Waals surface area contributed by atoms with Crippen molar-refractivity contribution in [2.45, 2.75) is 18.9 Å². The van der Waals surface area contributed by atoms with Crippen LogP contribution in [0.4, 0.5) is 15.9 Å². The molecule has 0 aliphatic carbocycles. The number of amides is 1. The van der Waals surface area contributed by atoms with Crippen LogP contribution in [-0.2, 0) is 28.6 Å². The average molecular weight is 898 g/mol. The summed E-state index contributed by atoms with van der Waals surface area (Å²) in [5, 5.41) is 24.8. The van der Waals surface area contributed by atoms with Crippen LogP contribution in [-0.4, -0.2) is 196 Å². The first kappa shape index (κ1) is 47.9. The van der Waals surface area contributed by atoms with Gasteiger partial charge in [-0.1, -0.05) is 23.2 Å². The standard InChI is InChI=1S/C40H55Cl2FN8O10/c1-57-33-23-32-29(40(46-27-45-32)47-31-3-2-30(41)38(42)39(31)43)22-34(33)61-28-4-7-48(8-5-28)15-17-59-19-21-60-20-18-58-16-6-44-35(52)24-49-9-11-50(25-36(53)54)13-14-51(12-10-49)26-37(55)56/h2-3,22-23,27-28H,4-21,24-26H2,1H3,(H,44,52)(H,53,54)(H,55,56)(H,45,46,47). The monoisotopic (exact) mass is 896 g/mol. The van der Waals surface area contributed by atoms with E-state index in [9.17, 15) is 29.0 Å². The lowest BCUT2D eigenvalue weighted by molar-refractivity contribution is -0.140. The first-order valence-electron chi connectivity index (χ1n) is 20.2. The SMILES string of the molecule is COc1cc2ncnc(Nc3ccc(Cl)c(Cl)c3F)c2cc1OC1CCN(CCOCCOCCOCCNC(=O)CN2CCN(CC(=O)O)CCN(CC(=O)O)CC2)CC1. The molecule has 5 rings (SSSR count). The molecule has 3 heterocycles. The number of rotatable bonds is 23. The predicted octanol–water partition coefficient (Wildman–Crippen LogP) is 2.93. The number of halogens is 3. The quantitative estimate of drug-likeness (QED) is 0.0799. The maximum Gasteiger partial charge on any atom is 0.317 e.